The van der Waals surface area contributed by atoms with Crippen molar-refractivity contribution in [3.63, 3.8) is 0 Å². The number of hydrogen-bond acceptors (Lipinski definition) is 3. The first-order valence-corrected chi connectivity index (χ1v) is 10.0. The number of rotatable bonds is 8. The lowest BCUT2D eigenvalue weighted by atomic mass is 9.93. The minimum Gasteiger partial charge on any atom is -0.356 e. The molecule has 1 saturated heterocycles. The first-order chi connectivity index (χ1) is 13.3. The molecule has 28 heavy (non-hydrogen) atoms. The number of aryl methyl sites for hydroxylation is 3. The number of piperidine rings is 1. The molecule has 0 bridgehead atoms. The molecule has 0 radical (unpaired) electrons. The third kappa shape index (κ3) is 8.08. The van der Waals surface area contributed by atoms with Crippen LogP contribution in [0.15, 0.2) is 11.1 Å². The molecule has 1 aromatic heterocycles. The number of nitrogens with zero attached hydrogens (tertiary/aromatic N) is 4. The Hall–Kier alpha value is -1.77. The molecule has 160 valence electrons. The van der Waals surface area contributed by atoms with E-state index in [9.17, 15) is 13.2 Å². The Kier molecular flexibility index (Phi) is 8.59. The highest BCUT2D eigenvalue weighted by Crippen LogP contribution is 2.23. The van der Waals surface area contributed by atoms with E-state index >= 15 is 0 Å². The summed E-state index contributed by atoms with van der Waals surface area (Å²) in [5.74, 6) is 1.24. The zero-order chi connectivity index (χ0) is 20.6. The topological polar surface area (TPSA) is 57.5 Å². The summed E-state index contributed by atoms with van der Waals surface area (Å²) in [5, 5.41) is 11.1. The summed E-state index contributed by atoms with van der Waals surface area (Å²) in [6, 6.07) is 2.07. The van der Waals surface area contributed by atoms with E-state index in [1.54, 1.807) is 7.05 Å². The summed E-state index contributed by atoms with van der Waals surface area (Å²) < 4.78 is 39.3. The van der Waals surface area contributed by atoms with Gasteiger partial charge in [-0.05, 0) is 64.6 Å². The molecule has 2 heterocycles. The van der Waals surface area contributed by atoms with E-state index in [1.165, 1.54) is 10.6 Å². The van der Waals surface area contributed by atoms with E-state index in [4.69, 9.17) is 0 Å². The fraction of sp³-hybridized carbons (Fsp3) is 0.789. The lowest BCUT2D eigenvalue weighted by Crippen LogP contribution is -2.41. The van der Waals surface area contributed by atoms with Gasteiger partial charge in [0.15, 0.2) is 5.96 Å². The maximum absolute atomic E-state index is 12.4. The number of aliphatic imine (C=N–C) groups is 1. The Morgan fingerprint density at radius 1 is 1.21 bits per heavy atom. The Morgan fingerprint density at radius 2 is 1.89 bits per heavy atom. The third-order valence-corrected chi connectivity index (χ3v) is 5.12. The molecule has 1 aliphatic heterocycles. The molecule has 9 heteroatoms. The highest BCUT2D eigenvalue weighted by molar-refractivity contribution is 5.79. The van der Waals surface area contributed by atoms with Gasteiger partial charge in [0.1, 0.15) is 0 Å². The first-order valence-electron chi connectivity index (χ1n) is 10.0. The van der Waals surface area contributed by atoms with Crippen LogP contribution >= 0.6 is 0 Å². The molecule has 0 unspecified atom stereocenters. The summed E-state index contributed by atoms with van der Waals surface area (Å²) in [5.41, 5.74) is 2.20. The fourth-order valence-corrected chi connectivity index (χ4v) is 3.64. The van der Waals surface area contributed by atoms with Crippen molar-refractivity contribution in [2.75, 3.05) is 39.8 Å². The van der Waals surface area contributed by atoms with Gasteiger partial charge < -0.3 is 10.6 Å². The molecule has 0 amide bonds. The number of nitrogens with one attached hydrogen (secondary N) is 2. The average Bonchev–Trinajstić information content (AvgIpc) is 2.94. The van der Waals surface area contributed by atoms with Crippen LogP contribution in [-0.2, 0) is 6.54 Å². The Balaban J connectivity index is 1.57. The van der Waals surface area contributed by atoms with Crippen LogP contribution in [0.3, 0.4) is 0 Å². The maximum Gasteiger partial charge on any atom is 0.401 e. The van der Waals surface area contributed by atoms with Gasteiger partial charge in [-0.15, -0.1) is 0 Å². The van der Waals surface area contributed by atoms with Crippen LogP contribution in [0.5, 0.6) is 0 Å². The molecule has 0 spiro atoms. The zero-order valence-corrected chi connectivity index (χ0v) is 17.1. The van der Waals surface area contributed by atoms with Crippen LogP contribution in [-0.4, -0.2) is 66.6 Å². The molecule has 1 fully saturated rings. The van der Waals surface area contributed by atoms with Gasteiger partial charge in [0, 0.05) is 32.4 Å². The summed E-state index contributed by atoms with van der Waals surface area (Å²) in [6.45, 7) is 6.77. The van der Waals surface area contributed by atoms with E-state index in [-0.39, 0.29) is 0 Å². The van der Waals surface area contributed by atoms with Crippen molar-refractivity contribution in [2.24, 2.45) is 10.9 Å². The smallest absolute Gasteiger partial charge is 0.356 e. The van der Waals surface area contributed by atoms with E-state index in [1.807, 2.05) is 11.6 Å². The standard InChI is InChI=1S/C19H33F3N6/c1-15-13-16(2)28(26-15)10-4-8-24-18(23-3)25-9-5-17-6-11-27(12-7-17)14-19(20,21)22/h13,17H,4-12,14H2,1-3H3,(H2,23,24,25). The van der Waals surface area contributed by atoms with Crippen molar-refractivity contribution in [1.82, 2.24) is 25.3 Å². The zero-order valence-electron chi connectivity index (χ0n) is 17.1. The second-order valence-electron chi connectivity index (χ2n) is 7.55. The fourth-order valence-electron chi connectivity index (χ4n) is 3.64. The van der Waals surface area contributed by atoms with Crippen LogP contribution in [0, 0.1) is 19.8 Å². The molecule has 0 atom stereocenters. The van der Waals surface area contributed by atoms with E-state index in [2.05, 4.69) is 33.7 Å². The molecule has 2 N–H and O–H groups in total. The van der Waals surface area contributed by atoms with Crippen molar-refractivity contribution in [3.05, 3.63) is 17.5 Å². The minimum atomic E-state index is -4.10. The molecule has 1 aliphatic rings. The van der Waals surface area contributed by atoms with Gasteiger partial charge in [-0.1, -0.05) is 0 Å². The van der Waals surface area contributed by atoms with Crippen molar-refractivity contribution in [2.45, 2.75) is 52.3 Å². The number of halogens is 3. The summed E-state index contributed by atoms with van der Waals surface area (Å²) in [6.07, 6.45) is -0.549. The minimum absolute atomic E-state index is 0.473. The lowest BCUT2D eigenvalue weighted by Gasteiger charge is -2.32. The predicted molar refractivity (Wildman–Crippen MR) is 106 cm³/mol. The van der Waals surface area contributed by atoms with Gasteiger partial charge in [0.05, 0.1) is 12.2 Å². The molecule has 0 aromatic carbocycles. The number of likely N-dealkylation sites (tertiary alicyclic amines) is 1. The summed E-state index contributed by atoms with van der Waals surface area (Å²) >= 11 is 0. The van der Waals surface area contributed by atoms with Crippen molar-refractivity contribution >= 4 is 5.96 Å². The third-order valence-electron chi connectivity index (χ3n) is 5.12. The second kappa shape index (κ2) is 10.7. The molecule has 1 aromatic rings. The number of alkyl halides is 3. The van der Waals surface area contributed by atoms with E-state index in [0.717, 1.165) is 57.0 Å². The first kappa shape index (κ1) is 22.5. The van der Waals surface area contributed by atoms with Gasteiger partial charge in [-0.25, -0.2) is 0 Å². The van der Waals surface area contributed by atoms with Crippen LogP contribution in [0.25, 0.3) is 0 Å². The molecule has 2 rings (SSSR count). The van der Waals surface area contributed by atoms with Gasteiger partial charge in [-0.2, -0.15) is 18.3 Å². The average molecular weight is 403 g/mol. The van der Waals surface area contributed by atoms with Crippen LogP contribution in [0.2, 0.25) is 0 Å². The Bertz CT molecular complexity index is 618. The predicted octanol–water partition coefficient (Wildman–Crippen LogP) is 2.72. The SMILES string of the molecule is CN=C(NCCCn1nc(C)cc1C)NCCC1CCN(CC(F)(F)F)CC1. The number of hydrogen-bond donors (Lipinski definition) is 2. The largest absolute Gasteiger partial charge is 0.401 e. The Labute approximate surface area is 165 Å². The van der Waals surface area contributed by atoms with Crippen LogP contribution in [0.4, 0.5) is 13.2 Å². The molecule has 0 saturated carbocycles. The second-order valence-corrected chi connectivity index (χ2v) is 7.55. The summed E-state index contributed by atoms with van der Waals surface area (Å²) in [4.78, 5) is 5.74. The quantitative estimate of drug-likeness (QED) is 0.399. The summed E-state index contributed by atoms with van der Waals surface area (Å²) in [7, 11) is 1.74. The van der Waals surface area contributed by atoms with Gasteiger partial charge >= 0.3 is 6.18 Å². The number of aromatic nitrogens is 2. The molecular weight excluding hydrogens is 369 g/mol. The monoisotopic (exact) mass is 402 g/mol. The van der Waals surface area contributed by atoms with Gasteiger partial charge in [0.2, 0.25) is 0 Å². The van der Waals surface area contributed by atoms with E-state index < -0.39 is 12.7 Å². The maximum atomic E-state index is 12.4. The highest BCUT2D eigenvalue weighted by atomic mass is 19.4. The number of guanidine groups is 1. The van der Waals surface area contributed by atoms with Gasteiger partial charge in [-0.3, -0.25) is 14.6 Å². The van der Waals surface area contributed by atoms with Crippen molar-refractivity contribution in [1.29, 1.82) is 0 Å². The van der Waals surface area contributed by atoms with E-state index in [0.29, 0.717) is 19.0 Å². The van der Waals surface area contributed by atoms with Crippen LogP contribution < -0.4 is 10.6 Å². The van der Waals surface area contributed by atoms with Crippen molar-refractivity contribution in [3.8, 4) is 0 Å². The highest BCUT2D eigenvalue weighted by Gasteiger charge is 2.32. The van der Waals surface area contributed by atoms with Crippen molar-refractivity contribution < 1.29 is 13.2 Å². The molecule has 6 nitrogen and oxygen atoms in total. The Morgan fingerprint density at radius 3 is 2.46 bits per heavy atom. The normalized spacial score (nSPS) is 17.1. The molecule has 0 aliphatic carbocycles. The van der Waals surface area contributed by atoms with Gasteiger partial charge in [0.25, 0.3) is 0 Å². The van der Waals surface area contributed by atoms with Crippen LogP contribution in [0.1, 0.15) is 37.1 Å². The molecular formula is C19H33F3N6. The lowest BCUT2D eigenvalue weighted by molar-refractivity contribution is -0.148.